The van der Waals surface area contributed by atoms with Gasteiger partial charge >= 0.3 is 5.97 Å². The Bertz CT molecular complexity index is 299. The van der Waals surface area contributed by atoms with Crippen LogP contribution < -0.4 is 0 Å². The molecule has 0 aromatic rings. The van der Waals surface area contributed by atoms with Gasteiger partial charge in [-0.15, -0.1) is 0 Å². The minimum atomic E-state index is -0.756. The molecule has 1 aliphatic rings. The van der Waals surface area contributed by atoms with Crippen LogP contribution in [0.1, 0.15) is 13.3 Å². The Morgan fingerprint density at radius 3 is 2.22 bits per heavy atom. The van der Waals surface area contributed by atoms with Crippen LogP contribution in [-0.4, -0.2) is 84.5 Å². The molecular formula is C12H23N3O3. The SMILES string of the molecule is CC(C(=O)N(C)C)N1CCN(CCC(=O)O)CC1. The zero-order valence-corrected chi connectivity index (χ0v) is 11.4. The number of piperazine rings is 1. The molecule has 6 heteroatoms. The van der Waals surface area contributed by atoms with Gasteiger partial charge in [-0.1, -0.05) is 0 Å². The molecule has 1 amide bonds. The molecule has 0 radical (unpaired) electrons. The van der Waals surface area contributed by atoms with Crippen molar-refractivity contribution in [1.82, 2.24) is 14.7 Å². The molecule has 18 heavy (non-hydrogen) atoms. The van der Waals surface area contributed by atoms with E-state index in [1.165, 1.54) is 0 Å². The molecule has 0 aromatic heterocycles. The van der Waals surface area contributed by atoms with Gasteiger partial charge in [-0.25, -0.2) is 0 Å². The highest BCUT2D eigenvalue weighted by Gasteiger charge is 2.26. The van der Waals surface area contributed by atoms with E-state index in [2.05, 4.69) is 9.80 Å². The first-order valence-corrected chi connectivity index (χ1v) is 6.31. The lowest BCUT2D eigenvalue weighted by Gasteiger charge is -2.37. The van der Waals surface area contributed by atoms with E-state index in [1.807, 2.05) is 6.92 Å². The smallest absolute Gasteiger partial charge is 0.304 e. The fourth-order valence-electron chi connectivity index (χ4n) is 2.16. The topological polar surface area (TPSA) is 64.1 Å². The van der Waals surface area contributed by atoms with Gasteiger partial charge in [0.15, 0.2) is 0 Å². The number of aliphatic carboxylic acids is 1. The van der Waals surface area contributed by atoms with Gasteiger partial charge in [0.05, 0.1) is 12.5 Å². The maximum atomic E-state index is 11.8. The van der Waals surface area contributed by atoms with E-state index >= 15 is 0 Å². The van der Waals surface area contributed by atoms with Gasteiger partial charge in [0, 0.05) is 46.8 Å². The third-order valence-corrected chi connectivity index (χ3v) is 3.39. The van der Waals surface area contributed by atoms with Crippen LogP contribution in [0.4, 0.5) is 0 Å². The zero-order chi connectivity index (χ0) is 13.7. The summed E-state index contributed by atoms with van der Waals surface area (Å²) < 4.78 is 0. The normalized spacial score (nSPS) is 19.5. The minimum Gasteiger partial charge on any atom is -0.481 e. The first kappa shape index (κ1) is 14.9. The van der Waals surface area contributed by atoms with E-state index < -0.39 is 5.97 Å². The molecule has 1 fully saturated rings. The van der Waals surface area contributed by atoms with Gasteiger partial charge < -0.3 is 14.9 Å². The predicted octanol–water partition coefficient (Wildman–Crippen LogP) is -0.445. The van der Waals surface area contributed by atoms with Crippen molar-refractivity contribution in [3.05, 3.63) is 0 Å². The lowest BCUT2D eigenvalue weighted by atomic mass is 10.2. The van der Waals surface area contributed by atoms with Gasteiger partial charge in [-0.3, -0.25) is 14.5 Å². The van der Waals surface area contributed by atoms with Crippen LogP contribution in [0.5, 0.6) is 0 Å². The highest BCUT2D eigenvalue weighted by Crippen LogP contribution is 2.08. The Balaban J connectivity index is 2.34. The van der Waals surface area contributed by atoms with Crippen molar-refractivity contribution in [2.75, 3.05) is 46.8 Å². The molecule has 1 rings (SSSR count). The summed E-state index contributed by atoms with van der Waals surface area (Å²) in [6.07, 6.45) is 0.187. The van der Waals surface area contributed by atoms with Gasteiger partial charge in [0.25, 0.3) is 0 Å². The molecule has 0 aromatic carbocycles. The number of amides is 1. The molecule has 104 valence electrons. The third-order valence-electron chi connectivity index (χ3n) is 3.39. The lowest BCUT2D eigenvalue weighted by Crippen LogP contribution is -2.53. The second-order valence-corrected chi connectivity index (χ2v) is 4.93. The number of carbonyl (C=O) groups is 2. The summed E-state index contributed by atoms with van der Waals surface area (Å²) in [5.74, 6) is -0.637. The summed E-state index contributed by atoms with van der Waals surface area (Å²) in [5.41, 5.74) is 0. The van der Waals surface area contributed by atoms with E-state index in [0.29, 0.717) is 6.54 Å². The lowest BCUT2D eigenvalue weighted by molar-refractivity contribution is -0.137. The van der Waals surface area contributed by atoms with Gasteiger partial charge in [0.2, 0.25) is 5.91 Å². The molecule has 1 saturated heterocycles. The number of carbonyl (C=O) groups excluding carboxylic acids is 1. The van der Waals surface area contributed by atoms with Gasteiger partial charge in [-0.2, -0.15) is 0 Å². The molecule has 1 heterocycles. The van der Waals surface area contributed by atoms with Crippen molar-refractivity contribution < 1.29 is 14.7 Å². The number of likely N-dealkylation sites (N-methyl/N-ethyl adjacent to an activating group) is 1. The Morgan fingerprint density at radius 1 is 1.22 bits per heavy atom. The molecule has 0 aliphatic carbocycles. The Morgan fingerprint density at radius 2 is 1.78 bits per heavy atom. The van der Waals surface area contributed by atoms with Crippen LogP contribution in [0, 0.1) is 0 Å². The number of hydrogen-bond acceptors (Lipinski definition) is 4. The zero-order valence-electron chi connectivity index (χ0n) is 11.4. The van der Waals surface area contributed by atoms with Crippen LogP contribution in [0.25, 0.3) is 0 Å². The van der Waals surface area contributed by atoms with Crippen molar-refractivity contribution in [2.45, 2.75) is 19.4 Å². The van der Waals surface area contributed by atoms with Crippen LogP contribution >= 0.6 is 0 Å². The minimum absolute atomic E-state index is 0.0957. The molecule has 0 bridgehead atoms. The summed E-state index contributed by atoms with van der Waals surface area (Å²) in [7, 11) is 3.53. The number of rotatable bonds is 5. The number of nitrogens with zero attached hydrogens (tertiary/aromatic N) is 3. The second kappa shape index (κ2) is 6.70. The monoisotopic (exact) mass is 257 g/mol. The first-order valence-electron chi connectivity index (χ1n) is 6.31. The Labute approximate surface area is 108 Å². The predicted molar refractivity (Wildman–Crippen MR) is 68.4 cm³/mol. The second-order valence-electron chi connectivity index (χ2n) is 4.93. The molecule has 1 unspecified atom stereocenters. The van der Waals surface area contributed by atoms with Crippen LogP contribution in [0.3, 0.4) is 0 Å². The molecule has 1 N–H and O–H groups in total. The fraction of sp³-hybridized carbons (Fsp3) is 0.833. The number of carboxylic acids is 1. The summed E-state index contributed by atoms with van der Waals surface area (Å²) in [4.78, 5) is 28.2. The maximum Gasteiger partial charge on any atom is 0.304 e. The first-order chi connectivity index (χ1) is 8.41. The van der Waals surface area contributed by atoms with E-state index in [-0.39, 0.29) is 18.4 Å². The number of carboxylic acid groups (broad SMARTS) is 1. The van der Waals surface area contributed by atoms with Crippen molar-refractivity contribution in [3.8, 4) is 0 Å². The maximum absolute atomic E-state index is 11.8. The van der Waals surface area contributed by atoms with Gasteiger partial charge in [-0.05, 0) is 6.92 Å². The van der Waals surface area contributed by atoms with E-state index in [0.717, 1.165) is 26.2 Å². The van der Waals surface area contributed by atoms with E-state index in [9.17, 15) is 9.59 Å². The van der Waals surface area contributed by atoms with E-state index in [1.54, 1.807) is 19.0 Å². The summed E-state index contributed by atoms with van der Waals surface area (Å²) in [5, 5.41) is 8.63. The van der Waals surface area contributed by atoms with Crippen molar-refractivity contribution in [2.24, 2.45) is 0 Å². The average Bonchev–Trinajstić information content (AvgIpc) is 2.35. The van der Waals surface area contributed by atoms with E-state index in [4.69, 9.17) is 5.11 Å². The van der Waals surface area contributed by atoms with Crippen molar-refractivity contribution >= 4 is 11.9 Å². The molecule has 1 atom stereocenters. The van der Waals surface area contributed by atoms with Gasteiger partial charge in [0.1, 0.15) is 0 Å². The summed E-state index contributed by atoms with van der Waals surface area (Å²) >= 11 is 0. The molecular weight excluding hydrogens is 234 g/mol. The van der Waals surface area contributed by atoms with Crippen LogP contribution in [-0.2, 0) is 9.59 Å². The van der Waals surface area contributed by atoms with Crippen LogP contribution in [0.2, 0.25) is 0 Å². The molecule has 6 nitrogen and oxygen atoms in total. The largest absolute Gasteiger partial charge is 0.481 e. The fourth-order valence-corrected chi connectivity index (χ4v) is 2.16. The molecule has 1 aliphatic heterocycles. The quantitative estimate of drug-likeness (QED) is 0.723. The standard InChI is InChI=1S/C12H23N3O3/c1-10(12(18)13(2)3)15-8-6-14(7-9-15)5-4-11(16)17/h10H,4-9H2,1-3H3,(H,16,17). The van der Waals surface area contributed by atoms with Crippen LogP contribution in [0.15, 0.2) is 0 Å². The third kappa shape index (κ3) is 4.27. The highest BCUT2D eigenvalue weighted by atomic mass is 16.4. The number of hydrogen-bond donors (Lipinski definition) is 1. The van der Waals surface area contributed by atoms with Crippen molar-refractivity contribution in [3.63, 3.8) is 0 Å². The molecule has 0 saturated carbocycles. The summed E-state index contributed by atoms with van der Waals surface area (Å²) in [6.45, 7) is 5.83. The van der Waals surface area contributed by atoms with Crippen molar-refractivity contribution in [1.29, 1.82) is 0 Å². The Kier molecular flexibility index (Phi) is 5.55. The summed E-state index contributed by atoms with van der Waals surface area (Å²) in [6, 6.07) is -0.0957. The highest BCUT2D eigenvalue weighted by molar-refractivity contribution is 5.80. The Hall–Kier alpha value is -1.14. The molecule has 0 spiro atoms. The average molecular weight is 257 g/mol.